The Morgan fingerprint density at radius 3 is 2.28 bits per heavy atom. The van der Waals surface area contributed by atoms with Crippen LogP contribution in [0.2, 0.25) is 0 Å². The number of nitrogens with one attached hydrogen (secondary N) is 1. The maximum Gasteiger partial charge on any atom is 0.348 e. The van der Waals surface area contributed by atoms with Crippen molar-refractivity contribution in [1.29, 1.82) is 5.26 Å². The number of amides is 1. The first kappa shape index (κ1) is 21.2. The number of esters is 1. The van der Waals surface area contributed by atoms with E-state index < -0.39 is 5.97 Å². The molecule has 0 bridgehead atoms. The van der Waals surface area contributed by atoms with Gasteiger partial charge < -0.3 is 10.1 Å². The number of anilines is 1. The van der Waals surface area contributed by atoms with E-state index in [2.05, 4.69) is 18.3 Å². The summed E-state index contributed by atoms with van der Waals surface area (Å²) in [6.45, 7) is 3.90. The standard InChI is InChI=1S/C19H28N2O3S/c1-4-5-6-7-8-9-10-11-12-16(22)21-18-15(13-20)14(2)17(25-18)19(23)24-3/h4-12H2,1-3H3,(H,21,22). The molecular formula is C19H28N2O3S. The van der Waals surface area contributed by atoms with Crippen molar-refractivity contribution < 1.29 is 14.3 Å². The number of ether oxygens (including phenoxy) is 1. The van der Waals surface area contributed by atoms with Crippen LogP contribution in [0.5, 0.6) is 0 Å². The number of nitrogens with zero attached hydrogens (tertiary/aromatic N) is 1. The minimum atomic E-state index is -0.484. The summed E-state index contributed by atoms with van der Waals surface area (Å²) in [6, 6.07) is 2.06. The van der Waals surface area contributed by atoms with Gasteiger partial charge in [-0.15, -0.1) is 11.3 Å². The molecule has 0 aliphatic heterocycles. The molecule has 0 saturated heterocycles. The van der Waals surface area contributed by atoms with Gasteiger partial charge in [-0.1, -0.05) is 51.9 Å². The molecule has 0 atom stereocenters. The molecule has 0 fully saturated rings. The monoisotopic (exact) mass is 364 g/mol. The molecule has 0 saturated carbocycles. The molecule has 6 heteroatoms. The maximum absolute atomic E-state index is 12.1. The van der Waals surface area contributed by atoms with Crippen LogP contribution in [0.25, 0.3) is 0 Å². The SMILES string of the molecule is CCCCCCCCCCC(=O)Nc1sc(C(=O)OC)c(C)c1C#N. The third kappa shape index (κ3) is 6.87. The van der Waals surface area contributed by atoms with E-state index in [1.807, 2.05) is 0 Å². The fourth-order valence-corrected chi connectivity index (χ4v) is 3.72. The Morgan fingerprint density at radius 1 is 1.12 bits per heavy atom. The number of hydrogen-bond donors (Lipinski definition) is 1. The van der Waals surface area contributed by atoms with Crippen molar-refractivity contribution in [2.24, 2.45) is 0 Å². The van der Waals surface area contributed by atoms with Crippen LogP contribution in [0.15, 0.2) is 0 Å². The van der Waals surface area contributed by atoms with Crippen LogP contribution >= 0.6 is 11.3 Å². The van der Waals surface area contributed by atoms with Gasteiger partial charge in [0.05, 0.1) is 12.7 Å². The van der Waals surface area contributed by atoms with Gasteiger partial charge in [-0.05, 0) is 18.9 Å². The van der Waals surface area contributed by atoms with E-state index >= 15 is 0 Å². The third-order valence-electron chi connectivity index (χ3n) is 4.14. The third-order valence-corrected chi connectivity index (χ3v) is 5.33. The molecule has 1 N–H and O–H groups in total. The molecule has 5 nitrogen and oxygen atoms in total. The van der Waals surface area contributed by atoms with E-state index in [1.54, 1.807) is 6.92 Å². The molecule has 1 amide bonds. The Hall–Kier alpha value is -1.87. The Balaban J connectivity index is 2.42. The Bertz CT molecular complexity index is 617. The van der Waals surface area contributed by atoms with Crippen molar-refractivity contribution in [3.05, 3.63) is 16.0 Å². The Morgan fingerprint density at radius 2 is 1.72 bits per heavy atom. The summed E-state index contributed by atoms with van der Waals surface area (Å²) in [7, 11) is 1.30. The quantitative estimate of drug-likeness (QED) is 0.433. The van der Waals surface area contributed by atoms with Crippen molar-refractivity contribution >= 4 is 28.2 Å². The van der Waals surface area contributed by atoms with Gasteiger partial charge in [0.25, 0.3) is 0 Å². The molecule has 0 radical (unpaired) electrons. The molecule has 1 aromatic heterocycles. The Kier molecular flexibility index (Phi) is 9.86. The fourth-order valence-electron chi connectivity index (χ4n) is 2.63. The van der Waals surface area contributed by atoms with E-state index in [0.717, 1.165) is 30.6 Å². The van der Waals surface area contributed by atoms with E-state index in [-0.39, 0.29) is 5.91 Å². The summed E-state index contributed by atoms with van der Waals surface area (Å²) in [5.41, 5.74) is 0.899. The summed E-state index contributed by atoms with van der Waals surface area (Å²) in [4.78, 5) is 24.2. The second-order valence-corrected chi connectivity index (χ2v) is 7.16. The Labute approximate surface area is 154 Å². The first-order valence-corrected chi connectivity index (χ1v) is 9.78. The molecule has 1 heterocycles. The van der Waals surface area contributed by atoms with E-state index in [9.17, 15) is 14.9 Å². The summed E-state index contributed by atoms with van der Waals surface area (Å²) < 4.78 is 4.71. The van der Waals surface area contributed by atoms with Gasteiger partial charge in [0.1, 0.15) is 15.9 Å². The number of methoxy groups -OCH3 is 1. The molecule has 25 heavy (non-hydrogen) atoms. The number of carbonyl (C=O) groups excluding carboxylic acids is 2. The van der Waals surface area contributed by atoms with Crippen molar-refractivity contribution in [2.45, 2.75) is 71.6 Å². The molecule has 1 aromatic rings. The number of carbonyl (C=O) groups is 2. The first-order chi connectivity index (χ1) is 12.0. The molecular weight excluding hydrogens is 336 g/mol. The molecule has 0 aliphatic carbocycles. The average molecular weight is 365 g/mol. The lowest BCUT2D eigenvalue weighted by molar-refractivity contribution is -0.116. The lowest BCUT2D eigenvalue weighted by Crippen LogP contribution is -2.10. The van der Waals surface area contributed by atoms with Gasteiger partial charge in [-0.2, -0.15) is 5.26 Å². The van der Waals surface area contributed by atoms with Gasteiger partial charge >= 0.3 is 5.97 Å². The molecule has 0 aromatic carbocycles. The smallest absolute Gasteiger partial charge is 0.348 e. The largest absolute Gasteiger partial charge is 0.465 e. The van der Waals surface area contributed by atoms with Crippen LogP contribution in [0.4, 0.5) is 5.00 Å². The van der Waals surface area contributed by atoms with Gasteiger partial charge in [0, 0.05) is 6.42 Å². The van der Waals surface area contributed by atoms with Crippen LogP contribution in [-0.2, 0) is 9.53 Å². The zero-order valence-electron chi connectivity index (χ0n) is 15.4. The van der Waals surface area contributed by atoms with Crippen LogP contribution < -0.4 is 5.32 Å². The van der Waals surface area contributed by atoms with Gasteiger partial charge in [0.15, 0.2) is 0 Å². The van der Waals surface area contributed by atoms with Crippen molar-refractivity contribution in [3.8, 4) is 6.07 Å². The lowest BCUT2D eigenvalue weighted by Gasteiger charge is -2.04. The second-order valence-electron chi connectivity index (χ2n) is 6.14. The van der Waals surface area contributed by atoms with Gasteiger partial charge in [0.2, 0.25) is 5.91 Å². The predicted molar refractivity (Wildman–Crippen MR) is 101 cm³/mol. The van der Waals surface area contributed by atoms with E-state index in [1.165, 1.54) is 39.2 Å². The highest BCUT2D eigenvalue weighted by Crippen LogP contribution is 2.33. The topological polar surface area (TPSA) is 79.2 Å². The highest BCUT2D eigenvalue weighted by atomic mass is 32.1. The minimum Gasteiger partial charge on any atom is -0.465 e. The summed E-state index contributed by atoms with van der Waals surface area (Å²) in [6.07, 6.45) is 9.84. The zero-order chi connectivity index (χ0) is 18.7. The van der Waals surface area contributed by atoms with Gasteiger partial charge in [-0.3, -0.25) is 4.79 Å². The van der Waals surface area contributed by atoms with E-state index in [4.69, 9.17) is 4.74 Å². The van der Waals surface area contributed by atoms with Crippen molar-refractivity contribution in [2.75, 3.05) is 12.4 Å². The van der Waals surface area contributed by atoms with E-state index in [0.29, 0.717) is 27.4 Å². The number of rotatable bonds is 11. The average Bonchev–Trinajstić information content (AvgIpc) is 2.91. The van der Waals surface area contributed by atoms with Crippen molar-refractivity contribution in [1.82, 2.24) is 0 Å². The van der Waals surface area contributed by atoms with Crippen LogP contribution in [0.1, 0.15) is 85.5 Å². The number of thiophene rings is 1. The number of hydrogen-bond acceptors (Lipinski definition) is 5. The zero-order valence-corrected chi connectivity index (χ0v) is 16.3. The fraction of sp³-hybridized carbons (Fsp3) is 0.632. The lowest BCUT2D eigenvalue weighted by atomic mass is 10.1. The second kappa shape index (κ2) is 11.6. The molecule has 0 aliphatic rings. The highest BCUT2D eigenvalue weighted by Gasteiger charge is 2.21. The molecule has 1 rings (SSSR count). The first-order valence-electron chi connectivity index (χ1n) is 8.96. The highest BCUT2D eigenvalue weighted by molar-refractivity contribution is 7.18. The van der Waals surface area contributed by atoms with Crippen molar-refractivity contribution in [3.63, 3.8) is 0 Å². The molecule has 138 valence electrons. The number of nitriles is 1. The molecule has 0 spiro atoms. The number of unbranched alkanes of at least 4 members (excludes halogenated alkanes) is 7. The van der Waals surface area contributed by atoms with Crippen LogP contribution in [-0.4, -0.2) is 19.0 Å². The maximum atomic E-state index is 12.1. The summed E-state index contributed by atoms with van der Waals surface area (Å²) >= 11 is 1.10. The van der Waals surface area contributed by atoms with Crippen LogP contribution in [0, 0.1) is 18.3 Å². The van der Waals surface area contributed by atoms with Crippen LogP contribution in [0.3, 0.4) is 0 Å². The normalized spacial score (nSPS) is 10.3. The summed E-state index contributed by atoms with van der Waals surface area (Å²) in [5.74, 6) is -0.595. The minimum absolute atomic E-state index is 0.111. The van der Waals surface area contributed by atoms with Gasteiger partial charge in [-0.25, -0.2) is 4.79 Å². The summed E-state index contributed by atoms with van der Waals surface area (Å²) in [5, 5.41) is 12.5. The predicted octanol–water partition coefficient (Wildman–Crippen LogP) is 5.18. The molecule has 0 unspecified atom stereocenters.